The second kappa shape index (κ2) is 7.68. The lowest BCUT2D eigenvalue weighted by atomic mass is 9.80. The van der Waals surface area contributed by atoms with Crippen molar-refractivity contribution in [3.63, 3.8) is 0 Å². The zero-order valence-electron chi connectivity index (χ0n) is 13.4. The summed E-state index contributed by atoms with van der Waals surface area (Å²) in [5, 5.41) is 3.80. The molecule has 0 aliphatic heterocycles. The van der Waals surface area contributed by atoms with E-state index in [9.17, 15) is 0 Å². The first-order valence-electron chi connectivity index (χ1n) is 8.23. The Balaban J connectivity index is 2.02. The van der Waals surface area contributed by atoms with E-state index in [1.165, 1.54) is 56.3 Å². The van der Waals surface area contributed by atoms with Crippen molar-refractivity contribution in [2.75, 3.05) is 25.5 Å². The molecule has 1 fully saturated rings. The molecule has 0 unspecified atom stereocenters. The fraction of sp³-hybridized carbons (Fsp3) is 0.667. The fourth-order valence-electron chi connectivity index (χ4n) is 3.26. The van der Waals surface area contributed by atoms with Gasteiger partial charge in [0.05, 0.1) is 0 Å². The van der Waals surface area contributed by atoms with Gasteiger partial charge in [0.15, 0.2) is 0 Å². The molecule has 0 radical (unpaired) electrons. The highest BCUT2D eigenvalue weighted by atomic mass is 15.1. The standard InChI is InChI=1S/C18H30N2/c1-4-5-14-19-18-9-7-6-8-17(18)15-10-12-16(13-11-15)20(2)3/h10-13,17-19H,4-9,14H2,1-3H3/t17-,18+/m0/s1. The monoisotopic (exact) mass is 274 g/mol. The smallest absolute Gasteiger partial charge is 0.0361 e. The number of hydrogen-bond donors (Lipinski definition) is 1. The number of unbranched alkanes of at least 4 members (excludes halogenated alkanes) is 1. The zero-order valence-corrected chi connectivity index (χ0v) is 13.4. The predicted molar refractivity (Wildman–Crippen MR) is 88.7 cm³/mol. The van der Waals surface area contributed by atoms with Crippen LogP contribution in [-0.4, -0.2) is 26.7 Å². The molecule has 1 aliphatic rings. The van der Waals surface area contributed by atoms with Crippen LogP contribution in [0.5, 0.6) is 0 Å². The van der Waals surface area contributed by atoms with Crippen molar-refractivity contribution in [3.05, 3.63) is 29.8 Å². The highest BCUT2D eigenvalue weighted by molar-refractivity contribution is 5.46. The minimum absolute atomic E-state index is 0.681. The van der Waals surface area contributed by atoms with E-state index in [1.807, 2.05) is 0 Å². The third-order valence-corrected chi connectivity index (χ3v) is 4.54. The maximum Gasteiger partial charge on any atom is 0.0361 e. The quantitative estimate of drug-likeness (QED) is 0.783. The van der Waals surface area contributed by atoms with Crippen LogP contribution < -0.4 is 10.2 Å². The summed E-state index contributed by atoms with van der Waals surface area (Å²) >= 11 is 0. The average molecular weight is 274 g/mol. The van der Waals surface area contributed by atoms with Gasteiger partial charge in [-0.25, -0.2) is 0 Å². The first-order valence-corrected chi connectivity index (χ1v) is 8.23. The maximum absolute atomic E-state index is 3.80. The van der Waals surface area contributed by atoms with E-state index >= 15 is 0 Å². The summed E-state index contributed by atoms with van der Waals surface area (Å²) in [6.45, 7) is 3.44. The van der Waals surface area contributed by atoms with Gasteiger partial charge in [0.1, 0.15) is 0 Å². The number of rotatable bonds is 6. The third kappa shape index (κ3) is 3.99. The van der Waals surface area contributed by atoms with Gasteiger partial charge in [0.2, 0.25) is 0 Å². The molecule has 1 saturated carbocycles. The van der Waals surface area contributed by atoms with Crippen LogP contribution in [0.15, 0.2) is 24.3 Å². The van der Waals surface area contributed by atoms with Crippen molar-refractivity contribution in [3.8, 4) is 0 Å². The van der Waals surface area contributed by atoms with Gasteiger partial charge in [-0.2, -0.15) is 0 Å². The van der Waals surface area contributed by atoms with E-state index in [2.05, 4.69) is 55.5 Å². The number of hydrogen-bond acceptors (Lipinski definition) is 2. The van der Waals surface area contributed by atoms with Crippen LogP contribution in [-0.2, 0) is 0 Å². The molecule has 20 heavy (non-hydrogen) atoms. The Bertz CT molecular complexity index is 383. The minimum Gasteiger partial charge on any atom is -0.378 e. The maximum atomic E-state index is 3.80. The summed E-state index contributed by atoms with van der Waals surface area (Å²) in [4.78, 5) is 2.17. The molecule has 0 aromatic heterocycles. The van der Waals surface area contributed by atoms with Gasteiger partial charge in [-0.05, 0) is 49.4 Å². The highest BCUT2D eigenvalue weighted by Gasteiger charge is 2.25. The molecule has 1 aromatic carbocycles. The van der Waals surface area contributed by atoms with Gasteiger partial charge >= 0.3 is 0 Å². The SMILES string of the molecule is CCCCN[C@@H]1CCCC[C@H]1c1ccc(N(C)C)cc1. The normalized spacial score (nSPS) is 22.8. The Hall–Kier alpha value is -1.02. The molecule has 1 aliphatic carbocycles. The zero-order chi connectivity index (χ0) is 14.4. The van der Waals surface area contributed by atoms with Gasteiger partial charge < -0.3 is 10.2 Å². The van der Waals surface area contributed by atoms with E-state index in [1.54, 1.807) is 0 Å². The Labute approximate surface area is 124 Å². The van der Waals surface area contributed by atoms with Gasteiger partial charge in [-0.1, -0.05) is 38.3 Å². The number of nitrogens with one attached hydrogen (secondary N) is 1. The Morgan fingerprint density at radius 2 is 1.80 bits per heavy atom. The number of anilines is 1. The minimum atomic E-state index is 0.681. The molecule has 0 spiro atoms. The van der Waals surface area contributed by atoms with E-state index in [0.717, 1.165) is 0 Å². The van der Waals surface area contributed by atoms with E-state index in [-0.39, 0.29) is 0 Å². The molecule has 0 bridgehead atoms. The summed E-state index contributed by atoms with van der Waals surface area (Å²) in [6.07, 6.45) is 8.02. The van der Waals surface area contributed by atoms with Gasteiger partial charge in [0, 0.05) is 25.8 Å². The summed E-state index contributed by atoms with van der Waals surface area (Å²) in [7, 11) is 4.20. The van der Waals surface area contributed by atoms with E-state index in [0.29, 0.717) is 12.0 Å². The molecule has 0 saturated heterocycles. The predicted octanol–water partition coefficient (Wildman–Crippen LogP) is 4.17. The number of nitrogens with zero attached hydrogens (tertiary/aromatic N) is 1. The van der Waals surface area contributed by atoms with E-state index in [4.69, 9.17) is 0 Å². The largest absolute Gasteiger partial charge is 0.378 e. The van der Waals surface area contributed by atoms with Crippen LogP contribution >= 0.6 is 0 Å². The molecule has 0 heterocycles. The molecule has 1 N–H and O–H groups in total. The second-order valence-corrected chi connectivity index (χ2v) is 6.29. The van der Waals surface area contributed by atoms with Crippen LogP contribution in [0.3, 0.4) is 0 Å². The molecule has 1 aromatic rings. The van der Waals surface area contributed by atoms with Crippen molar-refractivity contribution >= 4 is 5.69 Å². The molecular weight excluding hydrogens is 244 g/mol. The Morgan fingerprint density at radius 1 is 1.10 bits per heavy atom. The van der Waals surface area contributed by atoms with Crippen LogP contribution in [0, 0.1) is 0 Å². The fourth-order valence-corrected chi connectivity index (χ4v) is 3.26. The summed E-state index contributed by atoms with van der Waals surface area (Å²) in [5.41, 5.74) is 2.81. The summed E-state index contributed by atoms with van der Waals surface area (Å²) < 4.78 is 0. The molecule has 0 amide bonds. The van der Waals surface area contributed by atoms with Crippen molar-refractivity contribution in [1.82, 2.24) is 5.32 Å². The molecule has 2 heteroatoms. The van der Waals surface area contributed by atoms with Gasteiger partial charge in [-0.3, -0.25) is 0 Å². The lowest BCUT2D eigenvalue weighted by molar-refractivity contribution is 0.326. The summed E-state index contributed by atoms with van der Waals surface area (Å²) in [6, 6.07) is 9.86. The molecule has 2 rings (SSSR count). The lowest BCUT2D eigenvalue weighted by Gasteiger charge is -2.33. The molecule has 2 nitrogen and oxygen atoms in total. The average Bonchev–Trinajstić information content (AvgIpc) is 2.48. The van der Waals surface area contributed by atoms with Crippen LogP contribution in [0.4, 0.5) is 5.69 Å². The lowest BCUT2D eigenvalue weighted by Crippen LogP contribution is -2.37. The molecule has 112 valence electrons. The van der Waals surface area contributed by atoms with Crippen molar-refractivity contribution in [2.24, 2.45) is 0 Å². The van der Waals surface area contributed by atoms with Crippen LogP contribution in [0.1, 0.15) is 56.9 Å². The van der Waals surface area contributed by atoms with Crippen molar-refractivity contribution in [2.45, 2.75) is 57.4 Å². The molecular formula is C18H30N2. The van der Waals surface area contributed by atoms with Gasteiger partial charge in [-0.15, -0.1) is 0 Å². The Morgan fingerprint density at radius 3 is 2.45 bits per heavy atom. The topological polar surface area (TPSA) is 15.3 Å². The molecule has 2 atom stereocenters. The van der Waals surface area contributed by atoms with Crippen molar-refractivity contribution < 1.29 is 0 Å². The van der Waals surface area contributed by atoms with Crippen LogP contribution in [0.2, 0.25) is 0 Å². The Kier molecular flexibility index (Phi) is 5.90. The van der Waals surface area contributed by atoms with E-state index < -0.39 is 0 Å². The summed E-state index contributed by atoms with van der Waals surface area (Å²) in [5.74, 6) is 0.705. The first kappa shape index (κ1) is 15.4. The second-order valence-electron chi connectivity index (χ2n) is 6.29. The third-order valence-electron chi connectivity index (χ3n) is 4.54. The first-order chi connectivity index (χ1) is 9.72. The van der Waals surface area contributed by atoms with Crippen LogP contribution in [0.25, 0.3) is 0 Å². The van der Waals surface area contributed by atoms with Crippen molar-refractivity contribution in [1.29, 1.82) is 0 Å². The number of benzene rings is 1. The van der Waals surface area contributed by atoms with Gasteiger partial charge in [0.25, 0.3) is 0 Å². The highest BCUT2D eigenvalue weighted by Crippen LogP contribution is 2.33.